The summed E-state index contributed by atoms with van der Waals surface area (Å²) in [5, 5.41) is 6.20. The molecule has 7 heteroatoms. The van der Waals surface area contributed by atoms with Gasteiger partial charge in [0, 0.05) is 13.2 Å². The second-order valence-corrected chi connectivity index (χ2v) is 4.89. The van der Waals surface area contributed by atoms with Crippen LogP contribution in [0.15, 0.2) is 12.3 Å². The smallest absolute Gasteiger partial charge is 0.277 e. The van der Waals surface area contributed by atoms with E-state index in [2.05, 4.69) is 10.4 Å². The van der Waals surface area contributed by atoms with Gasteiger partial charge < -0.3 is 0 Å². The molecule has 1 unspecified atom stereocenters. The molecule has 19 heavy (non-hydrogen) atoms. The Kier molecular flexibility index (Phi) is 3.37. The predicted molar refractivity (Wildman–Crippen MR) is 65.6 cm³/mol. The highest BCUT2D eigenvalue weighted by Gasteiger charge is 2.42. The average molecular weight is 264 g/mol. The number of carbonyl (C=O) groups excluding carboxylic acids is 3. The summed E-state index contributed by atoms with van der Waals surface area (Å²) in [6.45, 7) is 3.66. The van der Waals surface area contributed by atoms with Crippen molar-refractivity contribution in [3.63, 3.8) is 0 Å². The van der Waals surface area contributed by atoms with Crippen molar-refractivity contribution in [1.82, 2.24) is 20.0 Å². The highest BCUT2D eigenvalue weighted by atomic mass is 16.2. The first kappa shape index (κ1) is 13.3. The highest BCUT2D eigenvalue weighted by Crippen LogP contribution is 2.20. The molecule has 1 fully saturated rings. The molecule has 0 radical (unpaired) electrons. The molecule has 1 saturated heterocycles. The zero-order valence-corrected chi connectivity index (χ0v) is 11.1. The van der Waals surface area contributed by atoms with E-state index >= 15 is 0 Å². The molecule has 1 atom stereocenters. The Hall–Kier alpha value is -2.18. The molecule has 1 aliphatic heterocycles. The lowest BCUT2D eigenvalue weighted by atomic mass is 9.92. The van der Waals surface area contributed by atoms with E-state index in [0.717, 1.165) is 10.6 Å². The van der Waals surface area contributed by atoms with E-state index in [1.54, 1.807) is 37.8 Å². The average Bonchev–Trinajstić information content (AvgIpc) is 2.69. The molecule has 1 aromatic rings. The summed E-state index contributed by atoms with van der Waals surface area (Å²) < 4.78 is 1.58. The van der Waals surface area contributed by atoms with Gasteiger partial charge in [-0.3, -0.25) is 24.5 Å². The molecule has 2 rings (SSSR count). The van der Waals surface area contributed by atoms with Gasteiger partial charge in [-0.05, 0) is 12.0 Å². The van der Waals surface area contributed by atoms with Crippen LogP contribution in [-0.4, -0.2) is 32.5 Å². The Morgan fingerprint density at radius 3 is 2.58 bits per heavy atom. The van der Waals surface area contributed by atoms with Crippen LogP contribution in [0.25, 0.3) is 0 Å². The van der Waals surface area contributed by atoms with Crippen molar-refractivity contribution in [1.29, 1.82) is 0 Å². The number of aryl methyl sites for hydroxylation is 1. The van der Waals surface area contributed by atoms with E-state index in [9.17, 15) is 14.4 Å². The third-order valence-electron chi connectivity index (χ3n) is 3.20. The van der Waals surface area contributed by atoms with E-state index in [0.29, 0.717) is 0 Å². The number of urea groups is 1. The van der Waals surface area contributed by atoms with Crippen LogP contribution < -0.4 is 5.32 Å². The van der Waals surface area contributed by atoms with Gasteiger partial charge in [-0.15, -0.1) is 0 Å². The summed E-state index contributed by atoms with van der Waals surface area (Å²) in [4.78, 5) is 36.7. The fraction of sp³-hybridized carbons (Fsp3) is 0.500. The summed E-state index contributed by atoms with van der Waals surface area (Å²) in [7, 11) is 1.73. The molecule has 2 heterocycles. The topological polar surface area (TPSA) is 84.3 Å². The first-order valence-electron chi connectivity index (χ1n) is 6.05. The van der Waals surface area contributed by atoms with Crippen LogP contribution in [0.3, 0.4) is 0 Å². The van der Waals surface area contributed by atoms with E-state index in [-0.39, 0.29) is 12.5 Å². The van der Waals surface area contributed by atoms with Crippen LogP contribution in [0.1, 0.15) is 19.5 Å². The van der Waals surface area contributed by atoms with Crippen molar-refractivity contribution < 1.29 is 14.4 Å². The zero-order valence-electron chi connectivity index (χ0n) is 11.1. The van der Waals surface area contributed by atoms with Crippen LogP contribution in [0.2, 0.25) is 0 Å². The zero-order chi connectivity index (χ0) is 14.2. The standard InChI is InChI=1S/C12H16N4O3/c1-7(2)9-10(17)14-12(19)16(11(9)18)6-8-4-5-13-15(8)3/h4-5,7,9H,6H2,1-3H3,(H,14,17,19). The number of nitrogens with one attached hydrogen (secondary N) is 1. The first-order chi connectivity index (χ1) is 8.91. The monoisotopic (exact) mass is 264 g/mol. The molecule has 0 aliphatic carbocycles. The van der Waals surface area contributed by atoms with Crippen LogP contribution in [0.4, 0.5) is 4.79 Å². The molecule has 0 saturated carbocycles. The molecule has 0 spiro atoms. The minimum absolute atomic E-state index is 0.109. The number of amides is 4. The Morgan fingerprint density at radius 2 is 2.05 bits per heavy atom. The van der Waals surface area contributed by atoms with Gasteiger partial charge in [-0.2, -0.15) is 5.10 Å². The van der Waals surface area contributed by atoms with E-state index in [1.165, 1.54) is 0 Å². The summed E-state index contributed by atoms with van der Waals surface area (Å²) in [5.74, 6) is -1.95. The number of imide groups is 2. The van der Waals surface area contributed by atoms with Gasteiger partial charge in [0.05, 0.1) is 12.2 Å². The van der Waals surface area contributed by atoms with Gasteiger partial charge in [-0.25, -0.2) is 4.79 Å². The first-order valence-corrected chi connectivity index (χ1v) is 6.05. The highest BCUT2D eigenvalue weighted by molar-refractivity contribution is 6.16. The lowest BCUT2D eigenvalue weighted by Crippen LogP contribution is -2.58. The molecule has 0 bridgehead atoms. The van der Waals surface area contributed by atoms with E-state index < -0.39 is 23.8 Å². The van der Waals surface area contributed by atoms with Crippen molar-refractivity contribution >= 4 is 17.8 Å². The molecule has 7 nitrogen and oxygen atoms in total. The van der Waals surface area contributed by atoms with Crippen LogP contribution >= 0.6 is 0 Å². The second-order valence-electron chi connectivity index (χ2n) is 4.89. The van der Waals surface area contributed by atoms with Gasteiger partial charge in [-0.1, -0.05) is 13.8 Å². The molecule has 102 valence electrons. The number of aromatic nitrogens is 2. The third kappa shape index (κ3) is 2.35. The normalized spacial score (nSPS) is 20.1. The van der Waals surface area contributed by atoms with E-state index in [1.807, 2.05) is 0 Å². The van der Waals surface area contributed by atoms with Crippen LogP contribution in [0.5, 0.6) is 0 Å². The van der Waals surface area contributed by atoms with Gasteiger partial charge >= 0.3 is 6.03 Å². The van der Waals surface area contributed by atoms with Gasteiger partial charge in [0.15, 0.2) is 0 Å². The maximum Gasteiger partial charge on any atom is 0.331 e. The fourth-order valence-corrected chi connectivity index (χ4v) is 2.09. The molecule has 0 aromatic carbocycles. The fourth-order valence-electron chi connectivity index (χ4n) is 2.09. The largest absolute Gasteiger partial charge is 0.331 e. The Bertz CT molecular complexity index is 535. The van der Waals surface area contributed by atoms with Gasteiger partial charge in [0.2, 0.25) is 11.8 Å². The number of barbiturate groups is 1. The SMILES string of the molecule is CC(C)C1C(=O)NC(=O)N(Cc2ccnn2C)C1=O. The molecule has 1 aromatic heterocycles. The van der Waals surface area contributed by atoms with Crippen LogP contribution in [0, 0.1) is 11.8 Å². The number of hydrogen-bond donors (Lipinski definition) is 1. The number of hydrogen-bond acceptors (Lipinski definition) is 4. The maximum absolute atomic E-state index is 12.2. The lowest BCUT2D eigenvalue weighted by molar-refractivity contribution is -0.144. The molecular weight excluding hydrogens is 248 g/mol. The van der Waals surface area contributed by atoms with Crippen LogP contribution in [-0.2, 0) is 23.2 Å². The quantitative estimate of drug-likeness (QED) is 0.794. The summed E-state index contributed by atoms with van der Waals surface area (Å²) >= 11 is 0. The van der Waals surface area contributed by atoms with Crippen molar-refractivity contribution in [2.45, 2.75) is 20.4 Å². The lowest BCUT2D eigenvalue weighted by Gasteiger charge is -2.31. The predicted octanol–water partition coefficient (Wildman–Crippen LogP) is 0.271. The molecule has 1 aliphatic rings. The van der Waals surface area contributed by atoms with E-state index in [4.69, 9.17) is 0 Å². The van der Waals surface area contributed by atoms with Gasteiger partial charge in [0.25, 0.3) is 0 Å². The Balaban J connectivity index is 2.24. The van der Waals surface area contributed by atoms with Crippen molar-refractivity contribution in [2.24, 2.45) is 18.9 Å². The maximum atomic E-state index is 12.2. The molecule has 4 amide bonds. The minimum atomic E-state index is -0.814. The molecular formula is C12H16N4O3. The second kappa shape index (κ2) is 4.83. The number of carbonyl (C=O) groups is 3. The summed E-state index contributed by atoms with van der Waals surface area (Å²) in [5.41, 5.74) is 0.723. The van der Waals surface area contributed by atoms with Gasteiger partial charge in [0.1, 0.15) is 5.92 Å². The Labute approximate surface area is 110 Å². The number of rotatable bonds is 3. The van der Waals surface area contributed by atoms with Crippen molar-refractivity contribution in [3.8, 4) is 0 Å². The number of nitrogens with zero attached hydrogens (tertiary/aromatic N) is 3. The summed E-state index contributed by atoms with van der Waals surface area (Å²) in [6, 6.07) is 1.05. The minimum Gasteiger partial charge on any atom is -0.277 e. The Morgan fingerprint density at radius 1 is 1.37 bits per heavy atom. The molecule has 1 N–H and O–H groups in total. The van der Waals surface area contributed by atoms with Crippen molar-refractivity contribution in [3.05, 3.63) is 18.0 Å². The third-order valence-corrected chi connectivity index (χ3v) is 3.20. The van der Waals surface area contributed by atoms with Crippen molar-refractivity contribution in [2.75, 3.05) is 0 Å². The summed E-state index contributed by atoms with van der Waals surface area (Å²) in [6.07, 6.45) is 1.59.